The van der Waals surface area contributed by atoms with Crippen molar-refractivity contribution in [3.63, 3.8) is 0 Å². The van der Waals surface area contributed by atoms with Crippen LogP contribution in [0.3, 0.4) is 0 Å². The predicted octanol–water partition coefficient (Wildman–Crippen LogP) is 6.60. The number of nitrogens with one attached hydrogen (secondary N) is 1. The topological polar surface area (TPSA) is 95.9 Å². The van der Waals surface area contributed by atoms with E-state index < -0.39 is 30.6 Å². The van der Waals surface area contributed by atoms with Gasteiger partial charge in [-0.3, -0.25) is 9.59 Å². The smallest absolute Gasteiger partial charge is 0.415 e. The maximum atomic E-state index is 13.4. The zero-order valence-corrected chi connectivity index (χ0v) is 23.1. The Hall–Kier alpha value is -3.56. The van der Waals surface area contributed by atoms with Crippen molar-refractivity contribution in [3.05, 3.63) is 65.2 Å². The Morgan fingerprint density at radius 3 is 2.02 bits per heavy atom. The first-order chi connectivity index (χ1) is 18.7. The van der Waals surface area contributed by atoms with Crippen LogP contribution in [-0.2, 0) is 17.8 Å². The molecule has 2 aromatic rings. The molecule has 0 heterocycles. The molecular formula is C30H37F3N2O5. The minimum absolute atomic E-state index is 0.0178. The van der Waals surface area contributed by atoms with Gasteiger partial charge in [-0.05, 0) is 72.4 Å². The molecule has 40 heavy (non-hydrogen) atoms. The number of alkyl halides is 3. The number of rotatable bonds is 9. The Balaban J connectivity index is 1.72. The standard InChI is InChI=1S/C30H37F3N2O5/c1-29(2,3)23-10-12-24(13-11-23)35(28(39)40-25-14-6-20(7-15-25)18-30(31,32)33)19-21-4-8-22(9-5-21)27(38)34-17-16-26(36)37/h4-9,14-15,23-24H,10-13,16-19H2,1-3H3,(H,34,38)(H,36,37). The lowest BCUT2D eigenvalue weighted by Crippen LogP contribution is -2.44. The van der Waals surface area contributed by atoms with Gasteiger partial charge in [0.2, 0.25) is 0 Å². The second kappa shape index (κ2) is 13.2. The van der Waals surface area contributed by atoms with E-state index in [9.17, 15) is 27.6 Å². The van der Waals surface area contributed by atoms with Gasteiger partial charge in [-0.2, -0.15) is 13.2 Å². The number of carboxylic acids is 1. The van der Waals surface area contributed by atoms with Crippen LogP contribution in [-0.4, -0.2) is 46.7 Å². The molecule has 0 radical (unpaired) electrons. The first-order valence-electron chi connectivity index (χ1n) is 13.4. The number of aliphatic carboxylic acids is 1. The van der Waals surface area contributed by atoms with Crippen LogP contribution in [0.15, 0.2) is 48.5 Å². The summed E-state index contributed by atoms with van der Waals surface area (Å²) in [5.41, 5.74) is 1.39. The van der Waals surface area contributed by atoms with Gasteiger partial charge in [0.15, 0.2) is 0 Å². The van der Waals surface area contributed by atoms with Crippen molar-refractivity contribution in [3.8, 4) is 5.75 Å². The number of hydrogen-bond donors (Lipinski definition) is 2. The van der Waals surface area contributed by atoms with Crippen molar-refractivity contribution in [2.24, 2.45) is 11.3 Å². The molecule has 1 aliphatic carbocycles. The molecule has 2 N–H and O–H groups in total. The molecule has 218 valence electrons. The third kappa shape index (κ3) is 9.57. The number of nitrogens with zero attached hydrogens (tertiary/aromatic N) is 1. The minimum Gasteiger partial charge on any atom is -0.481 e. The lowest BCUT2D eigenvalue weighted by molar-refractivity contribution is -0.136. The van der Waals surface area contributed by atoms with Gasteiger partial charge >= 0.3 is 18.2 Å². The SMILES string of the molecule is CC(C)(C)C1CCC(N(Cc2ccc(C(=O)NCCC(=O)O)cc2)C(=O)Oc2ccc(CC(F)(F)F)cc2)CC1. The van der Waals surface area contributed by atoms with Gasteiger partial charge in [-0.15, -0.1) is 0 Å². The molecule has 0 spiro atoms. The summed E-state index contributed by atoms with van der Waals surface area (Å²) in [7, 11) is 0. The summed E-state index contributed by atoms with van der Waals surface area (Å²) in [6.07, 6.45) is -2.63. The highest BCUT2D eigenvalue weighted by Gasteiger charge is 2.34. The fourth-order valence-corrected chi connectivity index (χ4v) is 5.01. The van der Waals surface area contributed by atoms with Crippen LogP contribution < -0.4 is 10.1 Å². The van der Waals surface area contributed by atoms with Gasteiger partial charge in [-0.25, -0.2) is 4.79 Å². The van der Waals surface area contributed by atoms with E-state index >= 15 is 0 Å². The van der Waals surface area contributed by atoms with Crippen LogP contribution in [0.5, 0.6) is 5.75 Å². The van der Waals surface area contributed by atoms with Gasteiger partial charge < -0.3 is 20.1 Å². The van der Waals surface area contributed by atoms with Gasteiger partial charge in [0.05, 0.1) is 12.8 Å². The van der Waals surface area contributed by atoms with Gasteiger partial charge in [0.25, 0.3) is 5.91 Å². The minimum atomic E-state index is -4.32. The van der Waals surface area contributed by atoms with Gasteiger partial charge in [0.1, 0.15) is 5.75 Å². The molecule has 1 fully saturated rings. The van der Waals surface area contributed by atoms with Crippen molar-refractivity contribution in [2.45, 2.75) is 78.1 Å². The first kappa shape index (κ1) is 31.0. The second-order valence-electron chi connectivity index (χ2n) is 11.4. The molecule has 0 unspecified atom stereocenters. The summed E-state index contributed by atoms with van der Waals surface area (Å²) < 4.78 is 43.7. The van der Waals surface area contributed by atoms with E-state index in [1.807, 2.05) is 0 Å². The second-order valence-corrected chi connectivity index (χ2v) is 11.4. The van der Waals surface area contributed by atoms with Crippen molar-refractivity contribution in [1.82, 2.24) is 10.2 Å². The summed E-state index contributed by atoms with van der Waals surface area (Å²) in [6, 6.07) is 12.0. The molecule has 7 nitrogen and oxygen atoms in total. The average Bonchev–Trinajstić information content (AvgIpc) is 2.87. The Morgan fingerprint density at radius 2 is 1.50 bits per heavy atom. The summed E-state index contributed by atoms with van der Waals surface area (Å²) in [5, 5.41) is 11.3. The Kier molecular flexibility index (Phi) is 10.2. The van der Waals surface area contributed by atoms with Crippen LogP contribution in [0, 0.1) is 11.3 Å². The van der Waals surface area contributed by atoms with Gasteiger partial charge in [0, 0.05) is 24.7 Å². The van der Waals surface area contributed by atoms with E-state index in [2.05, 4.69) is 26.1 Å². The monoisotopic (exact) mass is 562 g/mol. The summed E-state index contributed by atoms with van der Waals surface area (Å²) in [5.74, 6) is -0.700. The lowest BCUT2D eigenvalue weighted by Gasteiger charge is -2.40. The van der Waals surface area contributed by atoms with Crippen LogP contribution in [0.2, 0.25) is 0 Å². The van der Waals surface area contributed by atoms with E-state index in [1.54, 1.807) is 29.2 Å². The summed E-state index contributed by atoms with van der Waals surface area (Å²) >= 11 is 0. The quantitative estimate of drug-likeness (QED) is 0.359. The lowest BCUT2D eigenvalue weighted by atomic mass is 9.71. The molecule has 0 aliphatic heterocycles. The molecule has 0 atom stereocenters. The highest BCUT2D eigenvalue weighted by molar-refractivity contribution is 5.94. The van der Waals surface area contributed by atoms with E-state index in [0.29, 0.717) is 11.5 Å². The van der Waals surface area contributed by atoms with Crippen molar-refractivity contribution in [2.75, 3.05) is 6.54 Å². The number of halogens is 3. The molecule has 0 bridgehead atoms. The Bertz CT molecular complexity index is 1150. The molecule has 3 rings (SSSR count). The summed E-state index contributed by atoms with van der Waals surface area (Å²) in [4.78, 5) is 38.0. The zero-order chi connectivity index (χ0) is 29.5. The van der Waals surface area contributed by atoms with Crippen molar-refractivity contribution in [1.29, 1.82) is 0 Å². The third-order valence-corrected chi connectivity index (χ3v) is 7.32. The number of carboxylic acid groups (broad SMARTS) is 1. The Labute approximate surface area is 232 Å². The number of amides is 2. The van der Waals surface area contributed by atoms with Crippen LogP contribution in [0.4, 0.5) is 18.0 Å². The highest BCUT2D eigenvalue weighted by atomic mass is 19.4. The van der Waals surface area contributed by atoms with Crippen LogP contribution >= 0.6 is 0 Å². The maximum absolute atomic E-state index is 13.4. The van der Waals surface area contributed by atoms with E-state index in [-0.39, 0.29) is 42.3 Å². The molecule has 0 saturated heterocycles. The van der Waals surface area contributed by atoms with Crippen molar-refractivity contribution >= 4 is 18.0 Å². The van der Waals surface area contributed by atoms with Crippen LogP contribution in [0.25, 0.3) is 0 Å². The summed E-state index contributed by atoms with van der Waals surface area (Å²) in [6.45, 7) is 6.89. The number of ether oxygens (including phenoxy) is 1. The number of hydrogen-bond acceptors (Lipinski definition) is 4. The molecule has 2 aromatic carbocycles. The zero-order valence-electron chi connectivity index (χ0n) is 23.1. The highest BCUT2D eigenvalue weighted by Crippen LogP contribution is 2.39. The number of carbonyl (C=O) groups is 3. The molecule has 0 aromatic heterocycles. The molecule has 10 heteroatoms. The van der Waals surface area contributed by atoms with Crippen molar-refractivity contribution < 1.29 is 37.4 Å². The normalized spacial score (nSPS) is 17.6. The van der Waals surface area contributed by atoms with E-state index in [0.717, 1.165) is 31.2 Å². The van der Waals surface area contributed by atoms with Crippen LogP contribution in [0.1, 0.15) is 74.4 Å². The molecule has 1 saturated carbocycles. The van der Waals surface area contributed by atoms with Gasteiger partial charge in [-0.1, -0.05) is 45.0 Å². The fourth-order valence-electron chi connectivity index (χ4n) is 5.01. The third-order valence-electron chi connectivity index (χ3n) is 7.32. The molecular weight excluding hydrogens is 525 g/mol. The number of benzene rings is 2. The maximum Gasteiger partial charge on any atom is 0.415 e. The predicted molar refractivity (Wildman–Crippen MR) is 144 cm³/mol. The molecule has 2 amide bonds. The molecule has 1 aliphatic rings. The average molecular weight is 563 g/mol. The largest absolute Gasteiger partial charge is 0.481 e. The number of carbonyl (C=O) groups excluding carboxylic acids is 2. The van der Waals surface area contributed by atoms with E-state index in [4.69, 9.17) is 9.84 Å². The first-order valence-corrected chi connectivity index (χ1v) is 13.4. The van der Waals surface area contributed by atoms with E-state index in [1.165, 1.54) is 24.3 Å². The Morgan fingerprint density at radius 1 is 0.925 bits per heavy atom. The fraction of sp³-hybridized carbons (Fsp3) is 0.500.